The minimum absolute atomic E-state index is 0.408. The van der Waals surface area contributed by atoms with E-state index < -0.39 is 0 Å². The summed E-state index contributed by atoms with van der Waals surface area (Å²) < 4.78 is 2.04. The third-order valence-corrected chi connectivity index (χ3v) is 18.4. The zero-order valence-corrected chi connectivity index (χ0v) is 59.6. The quantitative estimate of drug-likeness (QED) is 0.0523. The lowest BCUT2D eigenvalue weighted by Gasteiger charge is -2.11. The number of benzene rings is 2. The summed E-state index contributed by atoms with van der Waals surface area (Å²) in [6.45, 7) is 0. The van der Waals surface area contributed by atoms with Crippen LogP contribution in [-0.2, 0) is 0 Å². The zero-order chi connectivity index (χ0) is 73.2. The first-order chi connectivity index (χ1) is 53.7. The Morgan fingerprint density at radius 1 is 0.248 bits per heavy atom. The van der Waals surface area contributed by atoms with Gasteiger partial charge in [-0.15, -0.1) is 62.3 Å². The summed E-state index contributed by atoms with van der Waals surface area (Å²) in [5.74, 6) is 2.58. The van der Waals surface area contributed by atoms with Crippen LogP contribution in [0.2, 0.25) is 0 Å². The van der Waals surface area contributed by atoms with Crippen LogP contribution in [0.3, 0.4) is 0 Å². The number of aromatic amines is 6. The molecule has 34 nitrogen and oxygen atoms in total. The van der Waals surface area contributed by atoms with Crippen LogP contribution in [0.15, 0.2) is 239 Å². The van der Waals surface area contributed by atoms with Crippen LogP contribution in [0.25, 0.3) is 181 Å². The van der Waals surface area contributed by atoms with E-state index in [0.29, 0.717) is 137 Å². The van der Waals surface area contributed by atoms with Crippen LogP contribution in [-0.4, -0.2) is 174 Å². The maximum absolute atomic E-state index is 4.95. The van der Waals surface area contributed by atoms with E-state index >= 15 is 0 Å². The van der Waals surface area contributed by atoms with Crippen molar-refractivity contribution >= 4 is 43.2 Å². The van der Waals surface area contributed by atoms with Gasteiger partial charge in [-0.1, -0.05) is 94.8 Å². The smallest absolute Gasteiger partial charge is 0.222 e. The summed E-state index contributed by atoms with van der Waals surface area (Å²) in [7, 11) is 0. The van der Waals surface area contributed by atoms with Crippen LogP contribution >= 0.6 is 43.2 Å². The average Bonchev–Trinajstić information content (AvgIpc) is 1.06. The van der Waals surface area contributed by atoms with Crippen molar-refractivity contribution in [3.63, 3.8) is 0 Å². The molecule has 6 N–H and O–H groups in total. The van der Waals surface area contributed by atoms with Gasteiger partial charge in [0.1, 0.15) is 34.2 Å². The molecule has 37 heteroatoms. The number of nitrogens with one attached hydrogen (secondary N) is 6. The van der Waals surface area contributed by atoms with Gasteiger partial charge in [0.05, 0.1) is 77.8 Å². The minimum Gasteiger partial charge on any atom is -0.256 e. The summed E-state index contributed by atoms with van der Waals surface area (Å²) in [4.78, 5) is 48.7. The van der Waals surface area contributed by atoms with Gasteiger partial charge in [0.25, 0.3) is 0 Å². The van der Waals surface area contributed by atoms with Crippen LogP contribution in [0.5, 0.6) is 0 Å². The van der Waals surface area contributed by atoms with Crippen LogP contribution in [0, 0.1) is 0 Å². The Bertz CT molecular complexity index is 5990. The number of tetrazole rings is 6. The molecule has 0 radical (unpaired) electrons. The van der Waals surface area contributed by atoms with E-state index in [2.05, 4.69) is 191 Å². The number of halogens is 2. The Morgan fingerprint density at radius 3 is 0.890 bits per heavy atom. The highest BCUT2D eigenvalue weighted by atomic mass is 79.9. The number of pyridine rings is 10. The fourth-order valence-corrected chi connectivity index (χ4v) is 12.8. The SMILES string of the molecule is Brc1ccc(-c2cc(-c3cccc(-c4nn[nH]n4)n3)nc(-c3cccc(-c4nn[nH]n4)n3)c2)cc1.Brc1ccc(-c2cc(-c3cccc(-c4nn[nH]n4)n3)nc(-c3cccc(-c4nn[nH]n4)n3)c2)s1.c1ccc(-c2ccc(-c3cc(-c4cccc(-c5nnn[nH]5)n4)nc(-c4cccc(-c5nnn[nH]5)n4)c3)cc2)nc1. The Kier molecular flexibility index (Phi) is 19.0. The number of nitrogens with zero attached hydrogens (tertiary/aromatic N) is 28. The standard InChI is InChI=1S/C28H18N12.C23H14BrN11.C21H12BrN11S/c1-2-14-29-20(5-1)18-12-10-17(11-13-18)19-15-25(21-6-3-8-23(30-21)27-33-37-38-34-27)32-26(16-19)22-7-4-9-24(31-22)28-35-39-40-36-28;24-15-9-7-13(8-10-15)14-11-20(16-3-1-5-18(25-16)22-28-32-33-29-22)27-21(12-14)17-4-2-6-19(26-17)23-30-34-35-31-23;22-19-8-7-18(34-19)11-9-16(12-3-1-5-14(23-12)20-26-30-31-27-20)25-17(10-11)13-4-2-6-15(24-13)21-28-32-33-29-21/h1-16H,(H,33,34,37,38)(H,35,36,39,40);1-12H,(H,28,29,32,33)(H,30,31,34,35);1-10H,(H,26,27,30,31)(H,28,29,32,33). The summed E-state index contributed by atoms with van der Waals surface area (Å²) in [5.41, 5.74) is 18.6. The van der Waals surface area contributed by atoms with Crippen LogP contribution in [0.1, 0.15) is 0 Å². The fourth-order valence-electron chi connectivity index (χ4n) is 11.2. The molecule has 0 aliphatic rings. The number of rotatable bonds is 16. The van der Waals surface area contributed by atoms with Gasteiger partial charge in [-0.3, -0.25) is 4.98 Å². The average molecular weight is 1580 g/mol. The van der Waals surface area contributed by atoms with Crippen LogP contribution < -0.4 is 0 Å². The molecule has 0 unspecified atom stereocenters. The third-order valence-electron chi connectivity index (χ3n) is 16.2. The Labute approximate surface area is 633 Å². The molecule has 17 heterocycles. The fraction of sp³-hybridized carbons (Fsp3) is 0. The van der Waals surface area contributed by atoms with Crippen molar-refractivity contribution in [2.75, 3.05) is 0 Å². The molecular weight excluding hydrogens is 1530 g/mol. The van der Waals surface area contributed by atoms with Crippen molar-refractivity contribution in [1.82, 2.24) is 174 Å². The summed E-state index contributed by atoms with van der Waals surface area (Å²) in [6, 6.07) is 72.0. The van der Waals surface area contributed by atoms with Crippen molar-refractivity contribution in [3.8, 4) is 181 Å². The molecule has 0 fully saturated rings. The van der Waals surface area contributed by atoms with Crippen LogP contribution in [0.4, 0.5) is 0 Å². The molecule has 0 atom stereocenters. The molecule has 0 saturated carbocycles. The van der Waals surface area contributed by atoms with Gasteiger partial charge in [0.2, 0.25) is 23.3 Å². The first kappa shape index (κ1) is 67.2. The largest absolute Gasteiger partial charge is 0.256 e. The van der Waals surface area contributed by atoms with Crippen molar-refractivity contribution in [1.29, 1.82) is 0 Å². The van der Waals surface area contributed by atoms with Crippen molar-refractivity contribution in [2.24, 2.45) is 0 Å². The maximum atomic E-state index is 4.95. The molecule has 109 heavy (non-hydrogen) atoms. The number of hydrogen-bond donors (Lipinski definition) is 6. The predicted molar refractivity (Wildman–Crippen MR) is 404 cm³/mol. The Balaban J connectivity index is 0.000000120. The molecule has 19 rings (SSSR count). The monoisotopic (exact) mass is 1570 g/mol. The van der Waals surface area contributed by atoms with Gasteiger partial charge in [0.15, 0.2) is 11.6 Å². The Hall–Kier alpha value is -15.0. The molecule has 0 aliphatic carbocycles. The number of hydrogen-bond acceptors (Lipinski definition) is 29. The highest BCUT2D eigenvalue weighted by Crippen LogP contribution is 2.38. The van der Waals surface area contributed by atoms with E-state index in [0.717, 1.165) is 52.2 Å². The second-order valence-corrected chi connectivity index (χ2v) is 26.6. The summed E-state index contributed by atoms with van der Waals surface area (Å²) in [5, 5.41) is 84.7. The molecule has 0 saturated heterocycles. The Morgan fingerprint density at radius 2 is 0.569 bits per heavy atom. The van der Waals surface area contributed by atoms with Crippen molar-refractivity contribution in [2.45, 2.75) is 0 Å². The molecule has 0 amide bonds. The third kappa shape index (κ3) is 15.4. The van der Waals surface area contributed by atoms with E-state index in [1.165, 1.54) is 0 Å². The van der Waals surface area contributed by atoms with E-state index in [9.17, 15) is 0 Å². The minimum atomic E-state index is 0.408. The lowest BCUT2D eigenvalue weighted by atomic mass is 10.0. The lowest BCUT2D eigenvalue weighted by Crippen LogP contribution is -1.97. The molecule has 522 valence electrons. The topological polar surface area (TPSA) is 456 Å². The molecule has 2 aromatic carbocycles. The summed E-state index contributed by atoms with van der Waals surface area (Å²) in [6.07, 6.45) is 1.79. The van der Waals surface area contributed by atoms with Gasteiger partial charge in [-0.05, 0) is 231 Å². The molecule has 0 bridgehead atoms. The molecule has 19 aromatic rings. The van der Waals surface area contributed by atoms with E-state index in [1.807, 2.05) is 194 Å². The van der Waals surface area contributed by atoms with Gasteiger partial charge >= 0.3 is 0 Å². The molecule has 17 aromatic heterocycles. The zero-order valence-electron chi connectivity index (χ0n) is 55.6. The number of thiophene rings is 1. The molecule has 0 aliphatic heterocycles. The number of H-pyrrole nitrogens is 6. The van der Waals surface area contributed by atoms with Gasteiger partial charge in [-0.25, -0.2) is 55.1 Å². The van der Waals surface area contributed by atoms with E-state index in [-0.39, 0.29) is 0 Å². The maximum Gasteiger partial charge on any atom is 0.222 e. The first-order valence-corrected chi connectivity index (χ1v) is 35.0. The molecular formula is C72H44Br2N34S. The highest BCUT2D eigenvalue weighted by Gasteiger charge is 2.20. The highest BCUT2D eigenvalue weighted by molar-refractivity contribution is 9.11. The number of aromatic nitrogens is 34. The van der Waals surface area contributed by atoms with E-state index in [4.69, 9.17) is 44.9 Å². The lowest BCUT2D eigenvalue weighted by molar-refractivity contribution is 0.881. The second kappa shape index (κ2) is 30.8. The normalized spacial score (nSPS) is 11.0. The van der Waals surface area contributed by atoms with Gasteiger partial charge < -0.3 is 0 Å². The second-order valence-electron chi connectivity index (χ2n) is 23.2. The van der Waals surface area contributed by atoms with Crippen molar-refractivity contribution in [3.05, 3.63) is 239 Å². The van der Waals surface area contributed by atoms with E-state index in [1.54, 1.807) is 17.5 Å². The first-order valence-electron chi connectivity index (χ1n) is 32.6. The molecule has 0 spiro atoms. The van der Waals surface area contributed by atoms with Gasteiger partial charge in [-0.2, -0.15) is 20.9 Å². The predicted octanol–water partition coefficient (Wildman–Crippen LogP) is 12.3. The summed E-state index contributed by atoms with van der Waals surface area (Å²) >= 11 is 8.69. The van der Waals surface area contributed by atoms with Gasteiger partial charge in [0, 0.05) is 21.1 Å². The van der Waals surface area contributed by atoms with Crippen molar-refractivity contribution < 1.29 is 0 Å².